The molecular formula is C9H10N2O5. The molecule has 86 valence electrons. The molecule has 0 aliphatic heterocycles. The van der Waals surface area contributed by atoms with Gasteiger partial charge in [-0.3, -0.25) is 4.79 Å². The molecule has 5 N–H and O–H groups in total. The number of carbonyl (C=O) groups is 2. The summed E-state index contributed by atoms with van der Waals surface area (Å²) in [5, 5.41) is 30.8. The summed E-state index contributed by atoms with van der Waals surface area (Å²) in [5.74, 6) is -1.60. The standard InChI is InChI=1S/C9H10N2O5/c12-6-1-5(2-7(13)3-6)11-9(16)10-4-8(14)15/h1-3,12-13H,4H2,(H,14,15)(H2,10,11,16). The molecule has 7 heteroatoms. The number of urea groups is 1. The molecular weight excluding hydrogens is 216 g/mol. The molecule has 0 aliphatic carbocycles. The zero-order valence-electron chi connectivity index (χ0n) is 8.10. The third-order valence-corrected chi connectivity index (χ3v) is 1.56. The van der Waals surface area contributed by atoms with Gasteiger partial charge in [0.1, 0.15) is 18.0 Å². The zero-order valence-corrected chi connectivity index (χ0v) is 8.10. The van der Waals surface area contributed by atoms with E-state index in [9.17, 15) is 9.59 Å². The Balaban J connectivity index is 2.59. The highest BCUT2D eigenvalue weighted by Crippen LogP contribution is 2.23. The topological polar surface area (TPSA) is 119 Å². The Labute approximate surface area is 90.3 Å². The van der Waals surface area contributed by atoms with E-state index in [0.717, 1.165) is 6.07 Å². The number of phenolic OH excluding ortho intramolecular Hbond substituents is 2. The van der Waals surface area contributed by atoms with E-state index in [1.54, 1.807) is 0 Å². The molecule has 0 spiro atoms. The van der Waals surface area contributed by atoms with E-state index >= 15 is 0 Å². The van der Waals surface area contributed by atoms with E-state index < -0.39 is 18.5 Å². The molecule has 7 nitrogen and oxygen atoms in total. The van der Waals surface area contributed by atoms with Crippen molar-refractivity contribution in [2.24, 2.45) is 0 Å². The lowest BCUT2D eigenvalue weighted by molar-refractivity contribution is -0.135. The molecule has 16 heavy (non-hydrogen) atoms. The first kappa shape index (κ1) is 11.6. The number of anilines is 1. The lowest BCUT2D eigenvalue weighted by Crippen LogP contribution is -2.33. The zero-order chi connectivity index (χ0) is 12.1. The van der Waals surface area contributed by atoms with Crippen molar-refractivity contribution in [1.82, 2.24) is 5.32 Å². The number of hydrogen-bond donors (Lipinski definition) is 5. The summed E-state index contributed by atoms with van der Waals surface area (Å²) < 4.78 is 0. The summed E-state index contributed by atoms with van der Waals surface area (Å²) in [6.07, 6.45) is 0. The molecule has 1 aromatic rings. The van der Waals surface area contributed by atoms with E-state index in [2.05, 4.69) is 10.6 Å². The minimum atomic E-state index is -1.17. The van der Waals surface area contributed by atoms with Gasteiger partial charge in [0.25, 0.3) is 0 Å². The van der Waals surface area contributed by atoms with Crippen LogP contribution in [-0.2, 0) is 4.79 Å². The fraction of sp³-hybridized carbons (Fsp3) is 0.111. The molecule has 0 atom stereocenters. The lowest BCUT2D eigenvalue weighted by Gasteiger charge is -2.06. The Morgan fingerprint density at radius 1 is 1.12 bits per heavy atom. The van der Waals surface area contributed by atoms with Crippen LogP contribution >= 0.6 is 0 Å². The van der Waals surface area contributed by atoms with Gasteiger partial charge in [-0.1, -0.05) is 0 Å². The molecule has 0 unspecified atom stereocenters. The average Bonchev–Trinajstić information content (AvgIpc) is 2.12. The van der Waals surface area contributed by atoms with Gasteiger partial charge in [0.15, 0.2) is 0 Å². The second kappa shape index (κ2) is 4.87. The van der Waals surface area contributed by atoms with E-state index in [1.807, 2.05) is 0 Å². The van der Waals surface area contributed by atoms with Crippen LogP contribution in [0.2, 0.25) is 0 Å². The van der Waals surface area contributed by atoms with Crippen LogP contribution in [0, 0.1) is 0 Å². The largest absolute Gasteiger partial charge is 0.508 e. The van der Waals surface area contributed by atoms with Crippen molar-refractivity contribution >= 4 is 17.7 Å². The molecule has 1 rings (SSSR count). The third kappa shape index (κ3) is 3.74. The number of benzene rings is 1. The SMILES string of the molecule is O=C(O)CNC(=O)Nc1cc(O)cc(O)c1. The number of phenols is 2. The summed E-state index contributed by atoms with van der Waals surface area (Å²) in [5.41, 5.74) is 0.153. The van der Waals surface area contributed by atoms with Gasteiger partial charge in [-0.15, -0.1) is 0 Å². The van der Waals surface area contributed by atoms with Crippen molar-refractivity contribution in [3.05, 3.63) is 18.2 Å². The van der Waals surface area contributed by atoms with Crippen LogP contribution in [0.15, 0.2) is 18.2 Å². The van der Waals surface area contributed by atoms with Gasteiger partial charge in [-0.05, 0) is 0 Å². The summed E-state index contributed by atoms with van der Waals surface area (Å²) in [7, 11) is 0. The van der Waals surface area contributed by atoms with Crippen molar-refractivity contribution in [2.75, 3.05) is 11.9 Å². The Bertz CT molecular complexity index is 398. The molecule has 0 heterocycles. The predicted molar refractivity (Wildman–Crippen MR) is 54.4 cm³/mol. The minimum Gasteiger partial charge on any atom is -0.508 e. The molecule has 0 aliphatic rings. The van der Waals surface area contributed by atoms with Crippen LogP contribution in [0.3, 0.4) is 0 Å². The molecule has 0 saturated heterocycles. The van der Waals surface area contributed by atoms with Gasteiger partial charge in [-0.25, -0.2) is 4.79 Å². The smallest absolute Gasteiger partial charge is 0.323 e. The van der Waals surface area contributed by atoms with E-state index in [1.165, 1.54) is 12.1 Å². The first-order valence-electron chi connectivity index (χ1n) is 4.27. The number of carboxylic acids is 1. The molecule has 0 saturated carbocycles. The number of carbonyl (C=O) groups excluding carboxylic acids is 1. The quantitative estimate of drug-likeness (QED) is 0.508. The summed E-state index contributed by atoms with van der Waals surface area (Å²) in [4.78, 5) is 21.2. The van der Waals surface area contributed by atoms with Crippen LogP contribution in [0.5, 0.6) is 11.5 Å². The highest BCUT2D eigenvalue weighted by Gasteiger charge is 2.05. The predicted octanol–water partition coefficient (Wildman–Crippen LogP) is 0.304. The fourth-order valence-corrected chi connectivity index (χ4v) is 0.999. The number of amides is 2. The normalized spacial score (nSPS) is 9.50. The number of rotatable bonds is 3. The summed E-state index contributed by atoms with van der Waals surface area (Å²) in [6.45, 7) is -0.517. The Kier molecular flexibility index (Phi) is 3.54. The first-order valence-corrected chi connectivity index (χ1v) is 4.27. The van der Waals surface area contributed by atoms with Gasteiger partial charge in [-0.2, -0.15) is 0 Å². The molecule has 1 aromatic carbocycles. The Morgan fingerprint density at radius 3 is 2.19 bits per heavy atom. The third-order valence-electron chi connectivity index (χ3n) is 1.56. The van der Waals surface area contributed by atoms with Crippen molar-refractivity contribution < 1.29 is 24.9 Å². The number of carboxylic acid groups (broad SMARTS) is 1. The molecule has 0 bridgehead atoms. The van der Waals surface area contributed by atoms with Crippen LogP contribution < -0.4 is 10.6 Å². The van der Waals surface area contributed by atoms with Crippen molar-refractivity contribution in [3.63, 3.8) is 0 Å². The molecule has 2 amide bonds. The summed E-state index contributed by atoms with van der Waals surface area (Å²) in [6, 6.07) is 2.77. The van der Waals surface area contributed by atoms with Gasteiger partial charge < -0.3 is 26.0 Å². The van der Waals surface area contributed by atoms with E-state index in [4.69, 9.17) is 15.3 Å². The van der Waals surface area contributed by atoms with Crippen LogP contribution in [0.4, 0.5) is 10.5 Å². The van der Waals surface area contributed by atoms with Crippen LogP contribution in [0.1, 0.15) is 0 Å². The van der Waals surface area contributed by atoms with Gasteiger partial charge in [0.2, 0.25) is 0 Å². The second-order valence-electron chi connectivity index (χ2n) is 2.94. The number of aromatic hydroxyl groups is 2. The van der Waals surface area contributed by atoms with Crippen LogP contribution in [0.25, 0.3) is 0 Å². The maximum Gasteiger partial charge on any atom is 0.323 e. The average molecular weight is 226 g/mol. The van der Waals surface area contributed by atoms with Crippen LogP contribution in [-0.4, -0.2) is 33.9 Å². The van der Waals surface area contributed by atoms with Crippen molar-refractivity contribution in [1.29, 1.82) is 0 Å². The van der Waals surface area contributed by atoms with Gasteiger partial charge in [0, 0.05) is 23.9 Å². The number of aliphatic carboxylic acids is 1. The Hall–Kier alpha value is -2.44. The lowest BCUT2D eigenvalue weighted by atomic mass is 10.3. The fourth-order valence-electron chi connectivity index (χ4n) is 0.999. The van der Waals surface area contributed by atoms with Gasteiger partial charge >= 0.3 is 12.0 Å². The first-order chi connectivity index (χ1) is 7.47. The highest BCUT2D eigenvalue weighted by molar-refractivity contribution is 5.91. The number of hydrogen-bond acceptors (Lipinski definition) is 4. The summed E-state index contributed by atoms with van der Waals surface area (Å²) >= 11 is 0. The number of nitrogens with one attached hydrogen (secondary N) is 2. The highest BCUT2D eigenvalue weighted by atomic mass is 16.4. The van der Waals surface area contributed by atoms with E-state index in [0.29, 0.717) is 0 Å². The Morgan fingerprint density at radius 2 is 1.69 bits per heavy atom. The van der Waals surface area contributed by atoms with Crippen molar-refractivity contribution in [2.45, 2.75) is 0 Å². The monoisotopic (exact) mass is 226 g/mol. The van der Waals surface area contributed by atoms with Gasteiger partial charge in [0.05, 0.1) is 0 Å². The maximum atomic E-state index is 11.1. The van der Waals surface area contributed by atoms with Crippen molar-refractivity contribution in [3.8, 4) is 11.5 Å². The molecule has 0 fully saturated rings. The molecule has 0 aromatic heterocycles. The van der Waals surface area contributed by atoms with E-state index in [-0.39, 0.29) is 17.2 Å². The minimum absolute atomic E-state index is 0.153. The molecule has 0 radical (unpaired) electrons. The second-order valence-corrected chi connectivity index (χ2v) is 2.94. The maximum absolute atomic E-state index is 11.1.